The minimum atomic E-state index is 0.781. The maximum atomic E-state index is 5.41. The molecule has 1 fully saturated rings. The average molecular weight is 168 g/mol. The first-order chi connectivity index (χ1) is 5.83. The highest BCUT2D eigenvalue weighted by Crippen LogP contribution is 2.16. The molecule has 0 radical (unpaired) electrons. The van der Waals surface area contributed by atoms with Gasteiger partial charge in [0.25, 0.3) is 0 Å². The fraction of sp³-hybridized carbons (Fsp3) is 0.800. The Morgan fingerprint density at radius 2 is 2.08 bits per heavy atom. The maximum absolute atomic E-state index is 5.41. The van der Waals surface area contributed by atoms with Crippen molar-refractivity contribution in [1.82, 2.24) is 4.90 Å². The molecule has 1 aliphatic heterocycles. The highest BCUT2D eigenvalue weighted by molar-refractivity contribution is 4.90. The van der Waals surface area contributed by atoms with Crippen molar-refractivity contribution in [3.63, 3.8) is 0 Å². The molecule has 1 heterocycles. The summed E-state index contributed by atoms with van der Waals surface area (Å²) in [5, 5.41) is 0. The van der Waals surface area contributed by atoms with Crippen LogP contribution in [0.1, 0.15) is 19.3 Å². The average Bonchev–Trinajstić information content (AvgIpc) is 2.09. The molecule has 0 saturated carbocycles. The van der Waals surface area contributed by atoms with Gasteiger partial charge in [0.2, 0.25) is 0 Å². The molecule has 0 atom stereocenters. The Bertz CT molecular complexity index is 135. The number of allylic oxidation sites excluding steroid dienone is 1. The van der Waals surface area contributed by atoms with Crippen molar-refractivity contribution in [2.75, 3.05) is 26.7 Å². The highest BCUT2D eigenvalue weighted by Gasteiger charge is 2.12. The normalized spacial score (nSPS) is 22.2. The lowest BCUT2D eigenvalue weighted by molar-refractivity contribution is 0.244. The SMILES string of the molecule is CN1CCC(/C=C\CCN)CC1. The zero-order valence-electron chi connectivity index (χ0n) is 8.00. The summed E-state index contributed by atoms with van der Waals surface area (Å²) in [6, 6.07) is 0. The summed E-state index contributed by atoms with van der Waals surface area (Å²) in [5.41, 5.74) is 5.41. The van der Waals surface area contributed by atoms with Crippen LogP contribution >= 0.6 is 0 Å². The molecule has 1 aliphatic rings. The van der Waals surface area contributed by atoms with Gasteiger partial charge in [-0.15, -0.1) is 0 Å². The summed E-state index contributed by atoms with van der Waals surface area (Å²) in [4.78, 5) is 2.40. The van der Waals surface area contributed by atoms with Gasteiger partial charge in [-0.25, -0.2) is 0 Å². The molecular formula is C10H20N2. The van der Waals surface area contributed by atoms with E-state index in [1.165, 1.54) is 25.9 Å². The minimum absolute atomic E-state index is 0.781. The number of nitrogens with zero attached hydrogens (tertiary/aromatic N) is 1. The van der Waals surface area contributed by atoms with Crippen LogP contribution < -0.4 is 5.73 Å². The third-order valence-corrected chi connectivity index (χ3v) is 2.50. The molecule has 0 bridgehead atoms. The Morgan fingerprint density at radius 3 is 2.67 bits per heavy atom. The van der Waals surface area contributed by atoms with Gasteiger partial charge in [-0.2, -0.15) is 0 Å². The fourth-order valence-electron chi connectivity index (χ4n) is 1.61. The van der Waals surface area contributed by atoms with E-state index in [0.29, 0.717) is 0 Å². The fourth-order valence-corrected chi connectivity index (χ4v) is 1.61. The molecule has 0 aromatic rings. The molecule has 0 aromatic carbocycles. The largest absolute Gasteiger partial charge is 0.330 e. The third kappa shape index (κ3) is 3.37. The molecule has 2 heteroatoms. The number of rotatable bonds is 3. The second kappa shape index (κ2) is 5.33. The highest BCUT2D eigenvalue weighted by atomic mass is 15.1. The van der Waals surface area contributed by atoms with Crippen molar-refractivity contribution in [3.05, 3.63) is 12.2 Å². The van der Waals surface area contributed by atoms with Crippen molar-refractivity contribution in [3.8, 4) is 0 Å². The van der Waals surface area contributed by atoms with Crippen molar-refractivity contribution in [1.29, 1.82) is 0 Å². The van der Waals surface area contributed by atoms with Crippen molar-refractivity contribution >= 4 is 0 Å². The van der Waals surface area contributed by atoms with Gasteiger partial charge in [-0.3, -0.25) is 0 Å². The summed E-state index contributed by atoms with van der Waals surface area (Å²) >= 11 is 0. The predicted molar refractivity (Wildman–Crippen MR) is 53.0 cm³/mol. The Balaban J connectivity index is 2.17. The molecule has 2 N–H and O–H groups in total. The number of likely N-dealkylation sites (tertiary alicyclic amines) is 1. The quantitative estimate of drug-likeness (QED) is 0.642. The van der Waals surface area contributed by atoms with Gasteiger partial charge in [-0.05, 0) is 51.9 Å². The molecule has 70 valence electrons. The van der Waals surface area contributed by atoms with Crippen LogP contribution in [0.3, 0.4) is 0 Å². The molecule has 0 amide bonds. The summed E-state index contributed by atoms with van der Waals surface area (Å²) in [7, 11) is 2.19. The van der Waals surface area contributed by atoms with E-state index in [9.17, 15) is 0 Å². The first-order valence-corrected chi connectivity index (χ1v) is 4.88. The first kappa shape index (κ1) is 9.75. The molecule has 0 unspecified atom stereocenters. The molecule has 1 rings (SSSR count). The second-order valence-corrected chi connectivity index (χ2v) is 3.65. The van der Waals surface area contributed by atoms with E-state index in [0.717, 1.165) is 18.9 Å². The third-order valence-electron chi connectivity index (χ3n) is 2.50. The molecule has 2 nitrogen and oxygen atoms in total. The van der Waals surface area contributed by atoms with E-state index in [1.54, 1.807) is 0 Å². The molecular weight excluding hydrogens is 148 g/mol. The zero-order chi connectivity index (χ0) is 8.81. The van der Waals surface area contributed by atoms with Gasteiger partial charge in [0.05, 0.1) is 0 Å². The van der Waals surface area contributed by atoms with E-state index in [4.69, 9.17) is 5.73 Å². The van der Waals surface area contributed by atoms with Gasteiger partial charge in [0.1, 0.15) is 0 Å². The van der Waals surface area contributed by atoms with Crippen LogP contribution in [0, 0.1) is 5.92 Å². The second-order valence-electron chi connectivity index (χ2n) is 3.65. The van der Waals surface area contributed by atoms with Crippen LogP contribution in [0.4, 0.5) is 0 Å². The van der Waals surface area contributed by atoms with Crippen molar-refractivity contribution in [2.24, 2.45) is 11.7 Å². The van der Waals surface area contributed by atoms with Crippen molar-refractivity contribution < 1.29 is 0 Å². The van der Waals surface area contributed by atoms with Crippen LogP contribution in [0.2, 0.25) is 0 Å². The number of piperidine rings is 1. The monoisotopic (exact) mass is 168 g/mol. The molecule has 1 saturated heterocycles. The van der Waals surface area contributed by atoms with E-state index in [1.807, 2.05) is 0 Å². The summed E-state index contributed by atoms with van der Waals surface area (Å²) in [5.74, 6) is 0.813. The standard InChI is InChI=1S/C10H20N2/c1-12-8-5-10(6-9-12)4-2-3-7-11/h2,4,10H,3,5-9,11H2,1H3/b4-2-. The smallest absolute Gasteiger partial charge is 0.00162 e. The Hall–Kier alpha value is -0.340. The molecule has 0 aromatic heterocycles. The summed E-state index contributed by atoms with van der Waals surface area (Å²) in [6.07, 6.45) is 8.25. The van der Waals surface area contributed by atoms with E-state index < -0.39 is 0 Å². The van der Waals surface area contributed by atoms with Crippen LogP contribution in [0.15, 0.2) is 12.2 Å². The number of hydrogen-bond donors (Lipinski definition) is 1. The van der Waals surface area contributed by atoms with E-state index in [-0.39, 0.29) is 0 Å². The van der Waals surface area contributed by atoms with Crippen LogP contribution in [-0.4, -0.2) is 31.6 Å². The first-order valence-electron chi connectivity index (χ1n) is 4.88. The minimum Gasteiger partial charge on any atom is -0.330 e. The van der Waals surface area contributed by atoms with E-state index >= 15 is 0 Å². The lowest BCUT2D eigenvalue weighted by Crippen LogP contribution is -2.29. The molecule has 12 heavy (non-hydrogen) atoms. The molecule has 0 spiro atoms. The van der Waals surface area contributed by atoms with Gasteiger partial charge in [-0.1, -0.05) is 12.2 Å². The van der Waals surface area contributed by atoms with Gasteiger partial charge < -0.3 is 10.6 Å². The van der Waals surface area contributed by atoms with Crippen LogP contribution in [0.25, 0.3) is 0 Å². The Labute approximate surface area is 75.4 Å². The Kier molecular flexibility index (Phi) is 4.33. The molecule has 0 aliphatic carbocycles. The van der Waals surface area contributed by atoms with Crippen LogP contribution in [0.5, 0.6) is 0 Å². The maximum Gasteiger partial charge on any atom is -0.00162 e. The van der Waals surface area contributed by atoms with Gasteiger partial charge in [0.15, 0.2) is 0 Å². The zero-order valence-corrected chi connectivity index (χ0v) is 8.00. The lowest BCUT2D eigenvalue weighted by atomic mass is 9.96. The van der Waals surface area contributed by atoms with Gasteiger partial charge >= 0.3 is 0 Å². The van der Waals surface area contributed by atoms with Crippen molar-refractivity contribution in [2.45, 2.75) is 19.3 Å². The van der Waals surface area contributed by atoms with Crippen LogP contribution in [-0.2, 0) is 0 Å². The topological polar surface area (TPSA) is 29.3 Å². The number of hydrogen-bond acceptors (Lipinski definition) is 2. The summed E-state index contributed by atoms with van der Waals surface area (Å²) in [6.45, 7) is 3.28. The predicted octanol–water partition coefficient (Wildman–Crippen LogP) is 1.23. The van der Waals surface area contributed by atoms with Gasteiger partial charge in [0, 0.05) is 0 Å². The lowest BCUT2D eigenvalue weighted by Gasteiger charge is -2.26. The summed E-state index contributed by atoms with van der Waals surface area (Å²) < 4.78 is 0. The Morgan fingerprint density at radius 1 is 1.42 bits per heavy atom. The van der Waals surface area contributed by atoms with E-state index in [2.05, 4.69) is 24.1 Å². The number of nitrogens with two attached hydrogens (primary N) is 1.